The van der Waals surface area contributed by atoms with Crippen LogP contribution in [0, 0.1) is 6.92 Å². The molecule has 1 aromatic carbocycles. The van der Waals surface area contributed by atoms with Gasteiger partial charge in [-0.2, -0.15) is 0 Å². The van der Waals surface area contributed by atoms with Gasteiger partial charge >= 0.3 is 0 Å². The second-order valence-electron chi connectivity index (χ2n) is 4.79. The summed E-state index contributed by atoms with van der Waals surface area (Å²) >= 11 is 1.46. The maximum Gasteiger partial charge on any atom is 0.277 e. The lowest BCUT2D eigenvalue weighted by Crippen LogP contribution is -2.13. The molecule has 6 heteroatoms. The van der Waals surface area contributed by atoms with Gasteiger partial charge in [0.15, 0.2) is 5.13 Å². The van der Waals surface area contributed by atoms with E-state index in [0.29, 0.717) is 5.13 Å². The summed E-state index contributed by atoms with van der Waals surface area (Å²) in [6.45, 7) is 1.82. The molecule has 22 heavy (non-hydrogen) atoms. The first-order valence-electron chi connectivity index (χ1n) is 6.79. The zero-order valence-corrected chi connectivity index (χ0v) is 12.8. The summed E-state index contributed by atoms with van der Waals surface area (Å²) in [5, 5.41) is 3.32. The van der Waals surface area contributed by atoms with Gasteiger partial charge in [-0.3, -0.25) is 15.1 Å². The van der Waals surface area contributed by atoms with Crippen molar-refractivity contribution in [3.63, 3.8) is 0 Å². The number of aryl methyl sites for hydroxylation is 1. The third-order valence-corrected chi connectivity index (χ3v) is 3.92. The van der Waals surface area contributed by atoms with Crippen molar-refractivity contribution in [2.24, 2.45) is 0 Å². The van der Waals surface area contributed by atoms with Crippen LogP contribution < -0.4 is 5.32 Å². The van der Waals surface area contributed by atoms with Crippen LogP contribution in [0.15, 0.2) is 48.9 Å². The van der Waals surface area contributed by atoms with E-state index in [-0.39, 0.29) is 11.6 Å². The van der Waals surface area contributed by atoms with Crippen LogP contribution in [-0.2, 0) is 6.42 Å². The standard InChI is InChI=1S/C16H14N4OS/c1-11-8-18-14(10-17-11)15(21)20-16-19-9-13(22-16)7-12-5-3-2-4-6-12/h2-6,8-10H,7H2,1H3,(H,19,20,21). The predicted molar refractivity (Wildman–Crippen MR) is 86.1 cm³/mol. The molecule has 0 spiro atoms. The molecule has 0 aliphatic rings. The molecule has 0 aliphatic carbocycles. The molecule has 5 nitrogen and oxygen atoms in total. The second-order valence-corrected chi connectivity index (χ2v) is 5.91. The highest BCUT2D eigenvalue weighted by molar-refractivity contribution is 7.15. The molecule has 0 saturated heterocycles. The van der Waals surface area contributed by atoms with Gasteiger partial charge in [0.2, 0.25) is 0 Å². The Hall–Kier alpha value is -2.60. The molecule has 0 aliphatic heterocycles. The SMILES string of the molecule is Cc1cnc(C(=O)Nc2ncc(Cc3ccccc3)s2)cn1. The zero-order chi connectivity index (χ0) is 15.4. The molecule has 0 bridgehead atoms. The van der Waals surface area contributed by atoms with E-state index in [2.05, 4.69) is 32.4 Å². The van der Waals surface area contributed by atoms with Gasteiger partial charge in [-0.1, -0.05) is 30.3 Å². The quantitative estimate of drug-likeness (QED) is 0.804. The molecular formula is C16H14N4OS. The van der Waals surface area contributed by atoms with Gasteiger partial charge in [-0.15, -0.1) is 11.3 Å². The number of rotatable bonds is 4. The van der Waals surface area contributed by atoms with Crippen molar-refractivity contribution < 1.29 is 4.79 Å². The Morgan fingerprint density at radius 1 is 1.09 bits per heavy atom. The van der Waals surface area contributed by atoms with Crippen LogP contribution in [-0.4, -0.2) is 20.9 Å². The number of amides is 1. The van der Waals surface area contributed by atoms with Crippen molar-refractivity contribution in [3.8, 4) is 0 Å². The van der Waals surface area contributed by atoms with Gasteiger partial charge in [-0.25, -0.2) is 9.97 Å². The Kier molecular flexibility index (Phi) is 4.20. The van der Waals surface area contributed by atoms with E-state index in [1.807, 2.05) is 25.1 Å². The minimum absolute atomic E-state index is 0.283. The number of hydrogen-bond donors (Lipinski definition) is 1. The molecule has 2 heterocycles. The molecule has 3 rings (SSSR count). The van der Waals surface area contributed by atoms with Crippen LogP contribution in [0.1, 0.15) is 26.6 Å². The summed E-state index contributed by atoms with van der Waals surface area (Å²) in [4.78, 5) is 25.5. The normalized spacial score (nSPS) is 10.4. The highest BCUT2D eigenvalue weighted by Gasteiger charge is 2.11. The molecule has 3 aromatic rings. The Bertz CT molecular complexity index is 768. The summed E-state index contributed by atoms with van der Waals surface area (Å²) in [5.74, 6) is -0.298. The van der Waals surface area contributed by atoms with Crippen LogP contribution >= 0.6 is 11.3 Å². The second kappa shape index (κ2) is 6.44. The van der Waals surface area contributed by atoms with Gasteiger partial charge in [-0.05, 0) is 12.5 Å². The van der Waals surface area contributed by atoms with E-state index < -0.39 is 0 Å². The largest absolute Gasteiger partial charge is 0.296 e. The molecule has 1 amide bonds. The highest BCUT2D eigenvalue weighted by atomic mass is 32.1. The van der Waals surface area contributed by atoms with Crippen LogP contribution in [0.3, 0.4) is 0 Å². The minimum atomic E-state index is -0.298. The summed E-state index contributed by atoms with van der Waals surface area (Å²) < 4.78 is 0. The zero-order valence-electron chi connectivity index (χ0n) is 12.0. The molecular weight excluding hydrogens is 296 g/mol. The summed E-state index contributed by atoms with van der Waals surface area (Å²) in [6, 6.07) is 10.1. The smallest absolute Gasteiger partial charge is 0.277 e. The fourth-order valence-corrected chi connectivity index (χ4v) is 2.76. The Labute approximate surface area is 132 Å². The van der Waals surface area contributed by atoms with Crippen LogP contribution in [0.4, 0.5) is 5.13 Å². The molecule has 0 unspecified atom stereocenters. The molecule has 2 aromatic heterocycles. The van der Waals surface area contributed by atoms with E-state index in [4.69, 9.17) is 0 Å². The fraction of sp³-hybridized carbons (Fsp3) is 0.125. The number of anilines is 1. The topological polar surface area (TPSA) is 67.8 Å². The van der Waals surface area contributed by atoms with Crippen molar-refractivity contribution in [2.45, 2.75) is 13.3 Å². The lowest BCUT2D eigenvalue weighted by Gasteiger charge is -2.00. The third kappa shape index (κ3) is 3.53. The average molecular weight is 310 g/mol. The number of nitrogens with zero attached hydrogens (tertiary/aromatic N) is 3. The fourth-order valence-electron chi connectivity index (χ4n) is 1.92. The van der Waals surface area contributed by atoms with E-state index >= 15 is 0 Å². The highest BCUT2D eigenvalue weighted by Crippen LogP contribution is 2.21. The lowest BCUT2D eigenvalue weighted by molar-refractivity contribution is 0.102. The van der Waals surface area contributed by atoms with Crippen molar-refractivity contribution in [3.05, 3.63) is 70.8 Å². The third-order valence-electron chi connectivity index (χ3n) is 3.01. The number of carbonyl (C=O) groups excluding carboxylic acids is 1. The van der Waals surface area contributed by atoms with Gasteiger partial charge in [0, 0.05) is 23.7 Å². The van der Waals surface area contributed by atoms with Crippen LogP contribution in [0.25, 0.3) is 0 Å². The first kappa shape index (κ1) is 14.3. The Morgan fingerprint density at radius 3 is 2.64 bits per heavy atom. The predicted octanol–water partition coefficient (Wildman–Crippen LogP) is 3.08. The average Bonchev–Trinajstić information content (AvgIpc) is 2.96. The van der Waals surface area contributed by atoms with Crippen molar-refractivity contribution in [2.75, 3.05) is 5.32 Å². The van der Waals surface area contributed by atoms with Crippen LogP contribution in [0.5, 0.6) is 0 Å². The minimum Gasteiger partial charge on any atom is -0.296 e. The summed E-state index contributed by atoms with van der Waals surface area (Å²) in [7, 11) is 0. The van der Waals surface area contributed by atoms with Crippen molar-refractivity contribution in [1.82, 2.24) is 15.0 Å². The number of thiazole rings is 1. The van der Waals surface area contributed by atoms with E-state index in [1.54, 1.807) is 12.4 Å². The Balaban J connectivity index is 1.66. The number of hydrogen-bond acceptors (Lipinski definition) is 5. The maximum atomic E-state index is 12.0. The first-order valence-corrected chi connectivity index (χ1v) is 7.61. The van der Waals surface area contributed by atoms with E-state index in [9.17, 15) is 4.79 Å². The number of aromatic nitrogens is 3. The summed E-state index contributed by atoms with van der Waals surface area (Å²) in [6.07, 6.45) is 5.62. The van der Waals surface area contributed by atoms with E-state index in [1.165, 1.54) is 23.1 Å². The molecule has 110 valence electrons. The van der Waals surface area contributed by atoms with Gasteiger partial charge in [0.25, 0.3) is 5.91 Å². The Morgan fingerprint density at radius 2 is 1.91 bits per heavy atom. The summed E-state index contributed by atoms with van der Waals surface area (Å²) in [5.41, 5.74) is 2.27. The van der Waals surface area contributed by atoms with E-state index in [0.717, 1.165) is 17.0 Å². The van der Waals surface area contributed by atoms with Crippen molar-refractivity contribution >= 4 is 22.4 Å². The lowest BCUT2D eigenvalue weighted by atomic mass is 10.1. The van der Waals surface area contributed by atoms with Crippen molar-refractivity contribution in [1.29, 1.82) is 0 Å². The molecule has 1 N–H and O–H groups in total. The molecule has 0 saturated carbocycles. The maximum absolute atomic E-state index is 12.0. The molecule has 0 fully saturated rings. The monoisotopic (exact) mass is 310 g/mol. The first-order chi connectivity index (χ1) is 10.7. The van der Waals surface area contributed by atoms with Crippen LogP contribution in [0.2, 0.25) is 0 Å². The van der Waals surface area contributed by atoms with Gasteiger partial charge < -0.3 is 0 Å². The molecule has 0 radical (unpaired) electrons. The molecule has 0 atom stereocenters. The van der Waals surface area contributed by atoms with Gasteiger partial charge in [0.05, 0.1) is 11.9 Å². The van der Waals surface area contributed by atoms with Gasteiger partial charge in [0.1, 0.15) is 5.69 Å². The number of benzene rings is 1. The number of carbonyl (C=O) groups is 1. The number of nitrogens with one attached hydrogen (secondary N) is 1.